The van der Waals surface area contributed by atoms with Gasteiger partial charge in [-0.25, -0.2) is 0 Å². The molecule has 0 unspecified atom stereocenters. The second kappa shape index (κ2) is 3.88. The summed E-state index contributed by atoms with van der Waals surface area (Å²) in [6.07, 6.45) is 4.83. The molecule has 66 valence electrons. The van der Waals surface area contributed by atoms with Gasteiger partial charge < -0.3 is 0 Å². The maximum absolute atomic E-state index is 4.10. The van der Waals surface area contributed by atoms with Gasteiger partial charge in [-0.1, -0.05) is 34.1 Å². The molecular formula is C11H10BrN. The Morgan fingerprint density at radius 2 is 2.15 bits per heavy atom. The fourth-order valence-electron chi connectivity index (χ4n) is 1.51. The van der Waals surface area contributed by atoms with Crippen molar-refractivity contribution in [2.75, 3.05) is 5.33 Å². The smallest absolute Gasteiger partial charge is 0.0346 e. The van der Waals surface area contributed by atoms with E-state index in [4.69, 9.17) is 0 Å². The summed E-state index contributed by atoms with van der Waals surface area (Å²) >= 11 is 3.46. The summed E-state index contributed by atoms with van der Waals surface area (Å²) < 4.78 is 0. The van der Waals surface area contributed by atoms with E-state index in [0.717, 1.165) is 11.8 Å². The highest BCUT2D eigenvalue weighted by Crippen LogP contribution is 2.18. The fraction of sp³-hybridized carbons (Fsp3) is 0.182. The number of hydrogen-bond donors (Lipinski definition) is 0. The molecule has 13 heavy (non-hydrogen) atoms. The number of nitrogens with zero attached hydrogens (tertiary/aromatic N) is 1. The first kappa shape index (κ1) is 8.70. The topological polar surface area (TPSA) is 12.9 Å². The molecular weight excluding hydrogens is 226 g/mol. The number of hydrogen-bond acceptors (Lipinski definition) is 1. The molecule has 0 N–H and O–H groups in total. The second-order valence-corrected chi connectivity index (χ2v) is 3.75. The van der Waals surface area contributed by atoms with Gasteiger partial charge in [-0.15, -0.1) is 0 Å². The van der Waals surface area contributed by atoms with Crippen molar-refractivity contribution in [1.29, 1.82) is 0 Å². The number of rotatable bonds is 2. The van der Waals surface area contributed by atoms with Gasteiger partial charge in [-0.2, -0.15) is 0 Å². The third kappa shape index (κ3) is 1.73. The number of aryl methyl sites for hydroxylation is 1. The van der Waals surface area contributed by atoms with Gasteiger partial charge in [-0.3, -0.25) is 4.98 Å². The standard InChI is InChI=1S/C11H10BrN/c12-6-4-9-2-1-3-10-8-13-7-5-11(9)10/h1-3,5,7-8H,4,6H2. The van der Waals surface area contributed by atoms with Crippen molar-refractivity contribution in [3.8, 4) is 0 Å². The molecule has 0 saturated heterocycles. The van der Waals surface area contributed by atoms with E-state index in [9.17, 15) is 0 Å². The van der Waals surface area contributed by atoms with E-state index in [1.165, 1.54) is 16.3 Å². The molecule has 2 aromatic rings. The molecule has 0 aliphatic rings. The lowest BCUT2D eigenvalue weighted by molar-refractivity contribution is 1.19. The molecule has 2 rings (SSSR count). The molecule has 1 nitrogen and oxygen atoms in total. The summed E-state index contributed by atoms with van der Waals surface area (Å²) in [5, 5.41) is 3.55. The average Bonchev–Trinajstić information content (AvgIpc) is 2.19. The quantitative estimate of drug-likeness (QED) is 0.730. The Bertz CT molecular complexity index is 406. The van der Waals surface area contributed by atoms with E-state index in [1.54, 1.807) is 0 Å². The van der Waals surface area contributed by atoms with Crippen LogP contribution in [0.2, 0.25) is 0 Å². The lowest BCUT2D eigenvalue weighted by atomic mass is 10.1. The molecule has 0 fully saturated rings. The molecule has 0 aliphatic carbocycles. The van der Waals surface area contributed by atoms with Crippen molar-refractivity contribution in [1.82, 2.24) is 4.98 Å². The average molecular weight is 236 g/mol. The first-order valence-electron chi connectivity index (χ1n) is 4.29. The third-order valence-electron chi connectivity index (χ3n) is 2.13. The van der Waals surface area contributed by atoms with Crippen LogP contribution in [0.15, 0.2) is 36.7 Å². The molecule has 0 spiro atoms. The highest BCUT2D eigenvalue weighted by atomic mass is 79.9. The van der Waals surface area contributed by atoms with Crippen molar-refractivity contribution < 1.29 is 0 Å². The number of alkyl halides is 1. The number of halogens is 1. The fourth-order valence-corrected chi connectivity index (χ4v) is 1.94. The predicted octanol–water partition coefficient (Wildman–Crippen LogP) is 3.17. The summed E-state index contributed by atoms with van der Waals surface area (Å²) in [7, 11) is 0. The van der Waals surface area contributed by atoms with Gasteiger partial charge in [0.15, 0.2) is 0 Å². The van der Waals surface area contributed by atoms with E-state index in [0.29, 0.717) is 0 Å². The summed E-state index contributed by atoms with van der Waals surface area (Å²) in [4.78, 5) is 4.10. The second-order valence-electron chi connectivity index (χ2n) is 2.95. The normalized spacial score (nSPS) is 10.5. The summed E-state index contributed by atoms with van der Waals surface area (Å²) in [6.45, 7) is 0. The maximum Gasteiger partial charge on any atom is 0.0346 e. The van der Waals surface area contributed by atoms with Crippen molar-refractivity contribution in [3.05, 3.63) is 42.2 Å². The molecule has 0 atom stereocenters. The first-order valence-corrected chi connectivity index (χ1v) is 5.41. The zero-order chi connectivity index (χ0) is 9.10. The van der Waals surface area contributed by atoms with Gasteiger partial charge in [0.05, 0.1) is 0 Å². The van der Waals surface area contributed by atoms with Crippen LogP contribution in [0, 0.1) is 0 Å². The minimum absolute atomic E-state index is 1.01. The molecule has 2 heteroatoms. The van der Waals surface area contributed by atoms with Gasteiger partial charge in [0.1, 0.15) is 0 Å². The molecule has 1 heterocycles. The molecule has 1 aromatic carbocycles. The van der Waals surface area contributed by atoms with Crippen LogP contribution < -0.4 is 0 Å². The van der Waals surface area contributed by atoms with E-state index >= 15 is 0 Å². The van der Waals surface area contributed by atoms with Crippen LogP contribution in [0.25, 0.3) is 10.8 Å². The Morgan fingerprint density at radius 3 is 3.00 bits per heavy atom. The summed E-state index contributed by atoms with van der Waals surface area (Å²) in [6, 6.07) is 8.43. The maximum atomic E-state index is 4.10. The number of pyridine rings is 1. The Morgan fingerprint density at radius 1 is 1.23 bits per heavy atom. The lowest BCUT2D eigenvalue weighted by Crippen LogP contribution is -1.87. The molecule has 0 bridgehead atoms. The Labute approximate surface area is 85.9 Å². The zero-order valence-electron chi connectivity index (χ0n) is 7.20. The monoisotopic (exact) mass is 235 g/mol. The Kier molecular flexibility index (Phi) is 2.60. The number of aromatic nitrogens is 1. The van der Waals surface area contributed by atoms with Crippen LogP contribution in [-0.2, 0) is 6.42 Å². The van der Waals surface area contributed by atoms with Crippen molar-refractivity contribution in [3.63, 3.8) is 0 Å². The third-order valence-corrected chi connectivity index (χ3v) is 2.53. The Hall–Kier alpha value is -0.890. The van der Waals surface area contributed by atoms with E-state index < -0.39 is 0 Å². The summed E-state index contributed by atoms with van der Waals surface area (Å²) in [5.41, 5.74) is 1.39. The summed E-state index contributed by atoms with van der Waals surface area (Å²) in [5.74, 6) is 0. The molecule has 1 aromatic heterocycles. The van der Waals surface area contributed by atoms with Crippen LogP contribution in [-0.4, -0.2) is 10.3 Å². The van der Waals surface area contributed by atoms with Gasteiger partial charge in [0.25, 0.3) is 0 Å². The Balaban J connectivity index is 2.61. The molecule has 0 aliphatic heterocycles. The molecule has 0 saturated carbocycles. The van der Waals surface area contributed by atoms with Crippen LogP contribution in [0.5, 0.6) is 0 Å². The highest BCUT2D eigenvalue weighted by Gasteiger charge is 1.98. The van der Waals surface area contributed by atoms with E-state index in [2.05, 4.69) is 45.2 Å². The number of fused-ring (bicyclic) bond motifs is 1. The van der Waals surface area contributed by atoms with E-state index in [1.807, 2.05) is 12.4 Å². The van der Waals surface area contributed by atoms with Gasteiger partial charge in [0.2, 0.25) is 0 Å². The van der Waals surface area contributed by atoms with Crippen molar-refractivity contribution >= 4 is 26.7 Å². The van der Waals surface area contributed by atoms with Crippen molar-refractivity contribution in [2.45, 2.75) is 6.42 Å². The first-order chi connectivity index (χ1) is 6.42. The van der Waals surface area contributed by atoms with Crippen LogP contribution in [0.1, 0.15) is 5.56 Å². The van der Waals surface area contributed by atoms with Crippen LogP contribution in [0.3, 0.4) is 0 Å². The predicted molar refractivity (Wildman–Crippen MR) is 59.2 cm³/mol. The minimum atomic E-state index is 1.01. The van der Waals surface area contributed by atoms with Gasteiger partial charge in [0, 0.05) is 23.1 Å². The molecule has 0 radical (unpaired) electrons. The molecule has 0 amide bonds. The minimum Gasteiger partial charge on any atom is -0.264 e. The lowest BCUT2D eigenvalue weighted by Gasteiger charge is -2.03. The largest absolute Gasteiger partial charge is 0.264 e. The van der Waals surface area contributed by atoms with Crippen LogP contribution in [0.4, 0.5) is 0 Å². The number of benzene rings is 1. The van der Waals surface area contributed by atoms with Gasteiger partial charge in [-0.05, 0) is 23.4 Å². The zero-order valence-corrected chi connectivity index (χ0v) is 8.79. The SMILES string of the molecule is BrCCc1cccc2cnccc12. The van der Waals surface area contributed by atoms with E-state index in [-0.39, 0.29) is 0 Å². The van der Waals surface area contributed by atoms with Crippen LogP contribution >= 0.6 is 15.9 Å². The van der Waals surface area contributed by atoms with Gasteiger partial charge >= 0.3 is 0 Å². The van der Waals surface area contributed by atoms with Crippen molar-refractivity contribution in [2.24, 2.45) is 0 Å². The highest BCUT2D eigenvalue weighted by molar-refractivity contribution is 9.09.